The van der Waals surface area contributed by atoms with Crippen LogP contribution in [0.4, 0.5) is 14.9 Å². The van der Waals surface area contributed by atoms with E-state index in [0.29, 0.717) is 5.69 Å². The zero-order valence-corrected chi connectivity index (χ0v) is 8.00. The molecule has 3 nitrogen and oxygen atoms in total. The topological polar surface area (TPSA) is 38.3 Å². The van der Waals surface area contributed by atoms with Gasteiger partial charge < -0.3 is 4.74 Å². The smallest absolute Gasteiger partial charge is 0.396 e. The average Bonchev–Trinajstić information content (AvgIpc) is 2.17. The molecule has 0 bridgehead atoms. The number of fused-ring (bicyclic) bond motifs is 1. The Morgan fingerprint density at radius 1 is 1.47 bits per heavy atom. The molecule has 1 heterocycles. The van der Waals surface area contributed by atoms with Crippen molar-refractivity contribution in [1.82, 2.24) is 0 Å². The molecule has 15 heavy (non-hydrogen) atoms. The lowest BCUT2D eigenvalue weighted by Gasteiger charge is -2.27. The van der Waals surface area contributed by atoms with Crippen LogP contribution in [-0.4, -0.2) is 6.09 Å². The summed E-state index contributed by atoms with van der Waals surface area (Å²) in [5, 5.41) is 2.40. The molecule has 1 N–H and O–H groups in total. The van der Waals surface area contributed by atoms with Crippen LogP contribution in [0.2, 0.25) is 0 Å². The SMILES string of the molecule is CC#CC1(F)OC(=O)Nc2ccccc21. The molecule has 1 aliphatic rings. The van der Waals surface area contributed by atoms with Gasteiger partial charge in [-0.2, -0.15) is 4.39 Å². The second kappa shape index (κ2) is 3.28. The first-order valence-electron chi connectivity index (χ1n) is 4.38. The third-order valence-electron chi connectivity index (χ3n) is 2.03. The van der Waals surface area contributed by atoms with E-state index in [4.69, 9.17) is 0 Å². The number of cyclic esters (lactones) is 1. The fourth-order valence-electron chi connectivity index (χ4n) is 1.44. The maximum absolute atomic E-state index is 14.2. The number of alkyl halides is 1. The van der Waals surface area contributed by atoms with Crippen molar-refractivity contribution in [2.75, 3.05) is 5.32 Å². The predicted octanol–water partition coefficient (Wildman–Crippen LogP) is 2.39. The van der Waals surface area contributed by atoms with Crippen molar-refractivity contribution in [3.05, 3.63) is 29.8 Å². The first-order chi connectivity index (χ1) is 7.15. The van der Waals surface area contributed by atoms with Gasteiger partial charge >= 0.3 is 11.9 Å². The van der Waals surface area contributed by atoms with Gasteiger partial charge in [0.15, 0.2) is 0 Å². The van der Waals surface area contributed by atoms with Crippen LogP contribution >= 0.6 is 0 Å². The minimum Gasteiger partial charge on any atom is -0.396 e. The fraction of sp³-hybridized carbons (Fsp3) is 0.182. The number of hydrogen-bond donors (Lipinski definition) is 1. The highest BCUT2D eigenvalue weighted by atomic mass is 19.2. The Kier molecular flexibility index (Phi) is 2.09. The molecular formula is C11H8FNO2. The summed E-state index contributed by atoms with van der Waals surface area (Å²) in [6.45, 7) is 1.49. The van der Waals surface area contributed by atoms with Gasteiger partial charge in [-0.05, 0) is 25.0 Å². The molecule has 1 atom stereocenters. The van der Waals surface area contributed by atoms with Crippen LogP contribution in [0.5, 0.6) is 0 Å². The molecule has 1 unspecified atom stereocenters. The van der Waals surface area contributed by atoms with Crippen molar-refractivity contribution >= 4 is 11.8 Å². The number of halogens is 1. The third-order valence-corrected chi connectivity index (χ3v) is 2.03. The molecule has 76 valence electrons. The number of nitrogens with one attached hydrogen (secondary N) is 1. The van der Waals surface area contributed by atoms with Crippen LogP contribution in [-0.2, 0) is 10.6 Å². The van der Waals surface area contributed by atoms with Crippen LogP contribution in [0.15, 0.2) is 24.3 Å². The van der Waals surface area contributed by atoms with Gasteiger partial charge in [-0.15, -0.1) is 0 Å². The highest BCUT2D eigenvalue weighted by molar-refractivity contribution is 5.89. The Balaban J connectivity index is 2.59. The number of para-hydroxylation sites is 1. The normalized spacial score (nSPS) is 22.9. The van der Waals surface area contributed by atoms with Gasteiger partial charge in [0.25, 0.3) is 0 Å². The zero-order valence-electron chi connectivity index (χ0n) is 8.00. The van der Waals surface area contributed by atoms with E-state index in [-0.39, 0.29) is 5.56 Å². The molecule has 1 aromatic carbocycles. The van der Waals surface area contributed by atoms with Gasteiger partial charge in [0.2, 0.25) is 0 Å². The third kappa shape index (κ3) is 1.52. The van der Waals surface area contributed by atoms with E-state index in [1.54, 1.807) is 18.2 Å². The molecule has 1 amide bonds. The molecule has 2 rings (SSSR count). The highest BCUT2D eigenvalue weighted by Crippen LogP contribution is 2.36. The molecule has 0 saturated carbocycles. The van der Waals surface area contributed by atoms with Crippen LogP contribution in [0, 0.1) is 11.8 Å². The van der Waals surface area contributed by atoms with Crippen LogP contribution in [0.3, 0.4) is 0 Å². The first-order valence-corrected chi connectivity index (χ1v) is 4.38. The summed E-state index contributed by atoms with van der Waals surface area (Å²) in [7, 11) is 0. The number of carbonyl (C=O) groups excluding carboxylic acids is 1. The summed E-state index contributed by atoms with van der Waals surface area (Å²) in [6, 6.07) is 6.48. The van der Waals surface area contributed by atoms with Crippen LogP contribution < -0.4 is 5.32 Å². The van der Waals surface area contributed by atoms with Gasteiger partial charge in [-0.1, -0.05) is 18.1 Å². The second-order valence-electron chi connectivity index (χ2n) is 3.03. The van der Waals surface area contributed by atoms with Gasteiger partial charge in [-0.3, -0.25) is 5.32 Å². The maximum Gasteiger partial charge on any atom is 0.415 e. The van der Waals surface area contributed by atoms with E-state index in [2.05, 4.69) is 21.9 Å². The molecule has 0 spiro atoms. The number of rotatable bonds is 0. The Morgan fingerprint density at radius 2 is 2.20 bits per heavy atom. The highest BCUT2D eigenvalue weighted by Gasteiger charge is 2.40. The summed E-state index contributed by atoms with van der Waals surface area (Å²) in [4.78, 5) is 11.1. The Bertz CT molecular complexity index is 475. The van der Waals surface area contributed by atoms with E-state index < -0.39 is 11.9 Å². The van der Waals surface area contributed by atoms with Gasteiger partial charge in [-0.25, -0.2) is 4.79 Å². The lowest BCUT2D eigenvalue weighted by Crippen LogP contribution is -2.34. The van der Waals surface area contributed by atoms with Crippen molar-refractivity contribution in [2.24, 2.45) is 0 Å². The van der Waals surface area contributed by atoms with E-state index in [1.807, 2.05) is 0 Å². The molecule has 0 aliphatic carbocycles. The lowest BCUT2D eigenvalue weighted by molar-refractivity contribution is -0.0486. The van der Waals surface area contributed by atoms with Gasteiger partial charge in [0, 0.05) is 0 Å². The predicted molar refractivity (Wildman–Crippen MR) is 52.8 cm³/mol. The molecular weight excluding hydrogens is 197 g/mol. The Hall–Kier alpha value is -2.02. The number of ether oxygens (including phenoxy) is 1. The number of amides is 1. The van der Waals surface area contributed by atoms with E-state index >= 15 is 0 Å². The lowest BCUT2D eigenvalue weighted by atomic mass is 10.0. The van der Waals surface area contributed by atoms with E-state index in [0.717, 1.165) is 0 Å². The number of hydrogen-bond acceptors (Lipinski definition) is 2. The first kappa shape index (κ1) is 9.53. The standard InChI is InChI=1S/C11H8FNO2/c1-2-7-11(12)8-5-3-4-6-9(8)13-10(14)15-11/h3-6H,1H3,(H,13,14). The Labute approximate surface area is 86.2 Å². The monoisotopic (exact) mass is 205 g/mol. The van der Waals surface area contributed by atoms with Crippen molar-refractivity contribution in [3.63, 3.8) is 0 Å². The van der Waals surface area contributed by atoms with Crippen molar-refractivity contribution in [1.29, 1.82) is 0 Å². The van der Waals surface area contributed by atoms with Crippen molar-refractivity contribution in [2.45, 2.75) is 12.8 Å². The zero-order chi connectivity index (χ0) is 10.9. The van der Waals surface area contributed by atoms with Gasteiger partial charge in [0.05, 0.1) is 11.3 Å². The largest absolute Gasteiger partial charge is 0.415 e. The summed E-state index contributed by atoms with van der Waals surface area (Å²) < 4.78 is 18.7. The number of carbonyl (C=O) groups is 1. The quantitative estimate of drug-likeness (QED) is 0.660. The molecule has 0 fully saturated rings. The van der Waals surface area contributed by atoms with Crippen LogP contribution in [0.1, 0.15) is 12.5 Å². The van der Waals surface area contributed by atoms with Crippen LogP contribution in [0.25, 0.3) is 0 Å². The molecule has 0 radical (unpaired) electrons. The maximum atomic E-state index is 14.2. The molecule has 4 heteroatoms. The summed E-state index contributed by atoms with van der Waals surface area (Å²) in [5.41, 5.74) is 0.609. The van der Waals surface area contributed by atoms with E-state index in [9.17, 15) is 9.18 Å². The van der Waals surface area contributed by atoms with E-state index in [1.165, 1.54) is 13.0 Å². The Morgan fingerprint density at radius 3 is 2.93 bits per heavy atom. The summed E-state index contributed by atoms with van der Waals surface area (Å²) in [5.74, 6) is 2.32. The molecule has 0 saturated heterocycles. The number of anilines is 1. The van der Waals surface area contributed by atoms with Gasteiger partial charge in [0.1, 0.15) is 0 Å². The minimum absolute atomic E-state index is 0.221. The number of benzene rings is 1. The molecule has 1 aromatic rings. The molecule has 1 aliphatic heterocycles. The van der Waals surface area contributed by atoms with Crippen molar-refractivity contribution in [3.8, 4) is 11.8 Å². The van der Waals surface area contributed by atoms with Crippen molar-refractivity contribution < 1.29 is 13.9 Å². The molecule has 0 aromatic heterocycles. The minimum atomic E-state index is -2.34. The second-order valence-corrected chi connectivity index (χ2v) is 3.03. The fourth-order valence-corrected chi connectivity index (χ4v) is 1.44. The summed E-state index contributed by atoms with van der Waals surface area (Å²) >= 11 is 0. The average molecular weight is 205 g/mol. The summed E-state index contributed by atoms with van der Waals surface area (Å²) in [6.07, 6.45) is -0.834.